The highest BCUT2D eigenvalue weighted by Gasteiger charge is 2.37. The molecular formula is C10H19NS2. The van der Waals surface area contributed by atoms with Crippen LogP contribution in [0.4, 0.5) is 0 Å². The highest BCUT2D eigenvalue weighted by atomic mass is 33.1. The molecule has 0 aromatic carbocycles. The zero-order valence-corrected chi connectivity index (χ0v) is 9.91. The lowest BCUT2D eigenvalue weighted by Crippen LogP contribution is -2.33. The molecule has 0 amide bonds. The van der Waals surface area contributed by atoms with Crippen molar-refractivity contribution in [1.29, 1.82) is 0 Å². The van der Waals surface area contributed by atoms with Crippen LogP contribution in [0.1, 0.15) is 26.2 Å². The number of hydrogen-bond donors (Lipinski definition) is 2. The first-order chi connectivity index (χ1) is 6.31. The lowest BCUT2D eigenvalue weighted by atomic mass is 9.90. The molecule has 1 saturated carbocycles. The molecule has 0 radical (unpaired) electrons. The predicted molar refractivity (Wildman–Crippen MR) is 63.2 cm³/mol. The van der Waals surface area contributed by atoms with Crippen molar-refractivity contribution >= 4 is 22.5 Å². The number of fused-ring (bicyclic) bond motifs is 1. The molecule has 0 bridgehead atoms. The zero-order valence-electron chi connectivity index (χ0n) is 8.20. The van der Waals surface area contributed by atoms with E-state index in [0.717, 1.165) is 23.0 Å². The second-order valence-electron chi connectivity index (χ2n) is 4.55. The van der Waals surface area contributed by atoms with Gasteiger partial charge in [0.25, 0.3) is 0 Å². The Bertz CT molecular complexity index is 160. The molecule has 1 saturated heterocycles. The second-order valence-corrected chi connectivity index (χ2v) is 6.14. The van der Waals surface area contributed by atoms with Gasteiger partial charge in [0, 0.05) is 5.25 Å². The van der Waals surface area contributed by atoms with Crippen LogP contribution in [0.25, 0.3) is 0 Å². The Morgan fingerprint density at radius 1 is 1.38 bits per heavy atom. The first-order valence-electron chi connectivity index (χ1n) is 5.32. The maximum Gasteiger partial charge on any atom is 0.0149 e. The fourth-order valence-electron chi connectivity index (χ4n) is 2.91. The first kappa shape index (κ1) is 10.2. The smallest absolute Gasteiger partial charge is 0.0149 e. The van der Waals surface area contributed by atoms with E-state index < -0.39 is 0 Å². The quantitative estimate of drug-likeness (QED) is 0.545. The van der Waals surface area contributed by atoms with Crippen molar-refractivity contribution in [3.05, 3.63) is 0 Å². The van der Waals surface area contributed by atoms with E-state index in [-0.39, 0.29) is 0 Å². The van der Waals surface area contributed by atoms with Gasteiger partial charge in [-0.2, -0.15) is 0 Å². The molecule has 3 heteroatoms. The summed E-state index contributed by atoms with van der Waals surface area (Å²) >= 11 is 4.32. The van der Waals surface area contributed by atoms with E-state index in [1.807, 2.05) is 0 Å². The van der Waals surface area contributed by atoms with Crippen molar-refractivity contribution < 1.29 is 0 Å². The summed E-state index contributed by atoms with van der Waals surface area (Å²) in [5.74, 6) is 2.92. The SMILES string of the molecule is CC(SS)C1CC2CCNCC2C1. The maximum absolute atomic E-state index is 4.32. The van der Waals surface area contributed by atoms with Gasteiger partial charge in [-0.1, -0.05) is 17.7 Å². The van der Waals surface area contributed by atoms with Gasteiger partial charge in [0.05, 0.1) is 0 Å². The third-order valence-corrected chi connectivity index (χ3v) is 5.52. The maximum atomic E-state index is 4.32. The Hall–Kier alpha value is 0.660. The Kier molecular flexibility index (Phi) is 3.49. The van der Waals surface area contributed by atoms with Crippen molar-refractivity contribution in [2.45, 2.75) is 31.4 Å². The lowest BCUT2D eigenvalue weighted by Gasteiger charge is -2.25. The minimum absolute atomic E-state index is 0.744. The van der Waals surface area contributed by atoms with Crippen LogP contribution in [0, 0.1) is 17.8 Å². The van der Waals surface area contributed by atoms with Crippen LogP contribution in [0.15, 0.2) is 0 Å². The summed E-state index contributed by atoms with van der Waals surface area (Å²) < 4.78 is 0. The number of hydrogen-bond acceptors (Lipinski definition) is 3. The molecular weight excluding hydrogens is 198 g/mol. The molecule has 1 heterocycles. The topological polar surface area (TPSA) is 12.0 Å². The van der Waals surface area contributed by atoms with Gasteiger partial charge in [-0.3, -0.25) is 0 Å². The highest BCUT2D eigenvalue weighted by Crippen LogP contribution is 2.44. The van der Waals surface area contributed by atoms with E-state index >= 15 is 0 Å². The van der Waals surface area contributed by atoms with Crippen LogP contribution in [0.5, 0.6) is 0 Å². The Morgan fingerprint density at radius 3 is 2.85 bits per heavy atom. The summed E-state index contributed by atoms with van der Waals surface area (Å²) in [5.41, 5.74) is 0. The summed E-state index contributed by atoms with van der Waals surface area (Å²) in [5, 5.41) is 4.25. The zero-order chi connectivity index (χ0) is 9.26. The molecule has 2 aliphatic rings. The summed E-state index contributed by atoms with van der Waals surface area (Å²) in [7, 11) is 1.74. The van der Waals surface area contributed by atoms with E-state index in [1.54, 1.807) is 10.8 Å². The van der Waals surface area contributed by atoms with E-state index in [1.165, 1.54) is 32.4 Å². The van der Waals surface area contributed by atoms with E-state index in [0.29, 0.717) is 0 Å². The molecule has 2 fully saturated rings. The Balaban J connectivity index is 1.91. The Labute approximate surface area is 90.2 Å². The van der Waals surface area contributed by atoms with Crippen molar-refractivity contribution in [2.75, 3.05) is 13.1 Å². The van der Waals surface area contributed by atoms with Crippen molar-refractivity contribution in [3.63, 3.8) is 0 Å². The van der Waals surface area contributed by atoms with E-state index in [4.69, 9.17) is 0 Å². The van der Waals surface area contributed by atoms with Crippen molar-refractivity contribution in [3.8, 4) is 0 Å². The molecule has 13 heavy (non-hydrogen) atoms. The molecule has 0 aromatic rings. The van der Waals surface area contributed by atoms with Crippen LogP contribution in [-0.2, 0) is 0 Å². The standard InChI is InChI=1S/C10H19NS2/c1-7(13-12)9-4-8-2-3-11-6-10(8)5-9/h7-12H,2-6H2,1H3. The van der Waals surface area contributed by atoms with Crippen LogP contribution >= 0.6 is 22.5 Å². The third kappa shape index (κ3) is 2.18. The molecule has 0 aromatic heterocycles. The van der Waals surface area contributed by atoms with Crippen molar-refractivity contribution in [1.82, 2.24) is 5.32 Å². The number of piperidine rings is 1. The fraction of sp³-hybridized carbons (Fsp3) is 1.00. The van der Waals surface area contributed by atoms with Gasteiger partial charge in [0.1, 0.15) is 0 Å². The minimum atomic E-state index is 0.744. The molecule has 1 nitrogen and oxygen atoms in total. The average molecular weight is 217 g/mol. The Morgan fingerprint density at radius 2 is 2.15 bits per heavy atom. The highest BCUT2D eigenvalue weighted by molar-refractivity contribution is 8.68. The molecule has 0 spiro atoms. The van der Waals surface area contributed by atoms with Crippen LogP contribution in [-0.4, -0.2) is 18.3 Å². The third-order valence-electron chi connectivity index (χ3n) is 3.81. The molecule has 1 N–H and O–H groups in total. The minimum Gasteiger partial charge on any atom is -0.316 e. The van der Waals surface area contributed by atoms with Crippen LogP contribution < -0.4 is 5.32 Å². The van der Waals surface area contributed by atoms with Gasteiger partial charge in [-0.05, 0) is 50.1 Å². The van der Waals surface area contributed by atoms with Gasteiger partial charge >= 0.3 is 0 Å². The van der Waals surface area contributed by atoms with Gasteiger partial charge in [-0.15, -0.1) is 11.7 Å². The fourth-order valence-corrected chi connectivity index (χ4v) is 3.82. The van der Waals surface area contributed by atoms with Crippen LogP contribution in [0.2, 0.25) is 0 Å². The second kappa shape index (κ2) is 4.45. The largest absolute Gasteiger partial charge is 0.316 e. The molecule has 4 unspecified atom stereocenters. The van der Waals surface area contributed by atoms with Gasteiger partial charge < -0.3 is 5.32 Å². The average Bonchev–Trinajstić information content (AvgIpc) is 2.59. The number of rotatable bonds is 2. The molecule has 2 rings (SSSR count). The predicted octanol–water partition coefficient (Wildman–Crippen LogP) is 2.59. The number of nitrogens with one attached hydrogen (secondary N) is 1. The summed E-state index contributed by atoms with van der Waals surface area (Å²) in [6.45, 7) is 4.84. The molecule has 1 aliphatic heterocycles. The monoisotopic (exact) mass is 217 g/mol. The van der Waals surface area contributed by atoms with Gasteiger partial charge in [0.15, 0.2) is 0 Å². The van der Waals surface area contributed by atoms with Crippen molar-refractivity contribution in [2.24, 2.45) is 17.8 Å². The van der Waals surface area contributed by atoms with Crippen LogP contribution in [0.3, 0.4) is 0 Å². The van der Waals surface area contributed by atoms with E-state index in [9.17, 15) is 0 Å². The summed E-state index contributed by atoms with van der Waals surface area (Å²) in [6, 6.07) is 0. The summed E-state index contributed by atoms with van der Waals surface area (Å²) in [6.07, 6.45) is 4.30. The van der Waals surface area contributed by atoms with Gasteiger partial charge in [0.2, 0.25) is 0 Å². The molecule has 4 atom stereocenters. The van der Waals surface area contributed by atoms with E-state index in [2.05, 4.69) is 23.9 Å². The first-order valence-corrected chi connectivity index (χ1v) is 7.25. The normalized spacial score (nSPS) is 41.5. The summed E-state index contributed by atoms with van der Waals surface area (Å²) in [4.78, 5) is 0. The van der Waals surface area contributed by atoms with Gasteiger partial charge in [-0.25, -0.2) is 0 Å². The molecule has 76 valence electrons. The lowest BCUT2D eigenvalue weighted by molar-refractivity contribution is 0.295. The number of thiol groups is 1. The molecule has 1 aliphatic carbocycles.